The molecule has 1 aromatic carbocycles. The summed E-state index contributed by atoms with van der Waals surface area (Å²) < 4.78 is 39.9. The molecule has 3 aromatic rings. The summed E-state index contributed by atoms with van der Waals surface area (Å²) in [6.45, 7) is 2.40. The van der Waals surface area contributed by atoms with Crippen LogP contribution in [0.3, 0.4) is 0 Å². The molecule has 0 saturated carbocycles. The van der Waals surface area contributed by atoms with Gasteiger partial charge in [-0.15, -0.1) is 0 Å². The first-order chi connectivity index (χ1) is 17.7. The van der Waals surface area contributed by atoms with Crippen LogP contribution in [0.1, 0.15) is 64.5 Å². The van der Waals surface area contributed by atoms with Gasteiger partial charge in [0.2, 0.25) is 5.91 Å². The fraction of sp³-hybridized carbons (Fsp3) is 0.440. The Labute approximate surface area is 226 Å². The fourth-order valence-corrected chi connectivity index (χ4v) is 7.24. The van der Waals surface area contributed by atoms with Gasteiger partial charge in [-0.25, -0.2) is 0 Å². The van der Waals surface area contributed by atoms with Crippen molar-refractivity contribution in [2.45, 2.75) is 55.9 Å². The van der Waals surface area contributed by atoms with Gasteiger partial charge in [0, 0.05) is 5.69 Å². The van der Waals surface area contributed by atoms with Crippen molar-refractivity contribution >= 4 is 41.6 Å². The van der Waals surface area contributed by atoms with E-state index in [0.29, 0.717) is 25.2 Å². The van der Waals surface area contributed by atoms with Gasteiger partial charge in [-0.1, -0.05) is 0 Å². The number of nitrogens with zero attached hydrogens (tertiary/aromatic N) is 5. The van der Waals surface area contributed by atoms with Crippen LogP contribution in [0.4, 0.5) is 13.2 Å². The predicted octanol–water partition coefficient (Wildman–Crippen LogP) is 4.07. The number of oxime groups is 1. The first-order valence-corrected chi connectivity index (χ1v) is 16.2. The van der Waals surface area contributed by atoms with E-state index in [1.165, 1.54) is 18.1 Å². The SMILES string of the molecule is Cc1cc(C(F)(F)F)nn1CC(=O)N1CCC(c2nc(C3=NOC(c4ccccc4[CH2][GaH2])C3)cs2)CC1. The fourth-order valence-electron chi connectivity index (χ4n) is 4.89. The van der Waals surface area contributed by atoms with E-state index < -0.39 is 11.9 Å². The summed E-state index contributed by atoms with van der Waals surface area (Å²) in [5, 5.41) is 11.0. The van der Waals surface area contributed by atoms with Crippen LogP contribution in [0.25, 0.3) is 0 Å². The predicted molar refractivity (Wildman–Crippen MR) is 136 cm³/mol. The number of benzene rings is 1. The van der Waals surface area contributed by atoms with Crippen molar-refractivity contribution in [3.63, 3.8) is 0 Å². The number of halogens is 3. The Balaban J connectivity index is 1.16. The molecular formula is C25H27F3GaN5O2S. The average molecular weight is 588 g/mol. The van der Waals surface area contributed by atoms with Crippen LogP contribution in [0.15, 0.2) is 40.9 Å². The van der Waals surface area contributed by atoms with E-state index >= 15 is 0 Å². The van der Waals surface area contributed by atoms with Crippen LogP contribution >= 0.6 is 11.3 Å². The average Bonchev–Trinajstić information content (AvgIpc) is 3.64. The van der Waals surface area contributed by atoms with Gasteiger partial charge in [0.05, 0.1) is 0 Å². The molecule has 0 bridgehead atoms. The van der Waals surface area contributed by atoms with Crippen LogP contribution in [-0.2, 0) is 27.3 Å². The third-order valence-electron chi connectivity index (χ3n) is 7.02. The third kappa shape index (κ3) is 5.65. The Morgan fingerprint density at radius 3 is 2.70 bits per heavy atom. The Morgan fingerprint density at radius 1 is 1.24 bits per heavy atom. The Morgan fingerprint density at radius 2 is 2.00 bits per heavy atom. The van der Waals surface area contributed by atoms with E-state index in [-0.39, 0.29) is 24.5 Å². The molecule has 1 saturated heterocycles. The molecule has 5 rings (SSSR count). The van der Waals surface area contributed by atoms with E-state index in [2.05, 4.69) is 28.5 Å². The summed E-state index contributed by atoms with van der Waals surface area (Å²) in [4.78, 5) is 26.2. The van der Waals surface area contributed by atoms with E-state index in [9.17, 15) is 18.0 Å². The second-order valence-corrected chi connectivity index (χ2v) is 11.8. The zero-order valence-corrected chi connectivity index (χ0v) is 25.7. The van der Waals surface area contributed by atoms with Crippen molar-refractivity contribution in [3.8, 4) is 0 Å². The standard InChI is InChI=1S/C25H25F3N5O2S.Ga.2H/c1-15-5-3-4-6-18(15)21-12-19(31-35-21)20-14-36-24(29-20)17-7-9-32(10-8-17)23(34)13-33-16(2)11-22(30-33)25(26,27)28;;;/h3-6,11,14,17,21H,1,7-10,12-13H2,2H3;;;. The van der Waals surface area contributed by atoms with Crippen LogP contribution in [0, 0.1) is 6.92 Å². The summed E-state index contributed by atoms with van der Waals surface area (Å²) in [6, 6.07) is 9.35. The number of thiazole rings is 1. The second-order valence-electron chi connectivity index (χ2n) is 9.44. The molecule has 1 unspecified atom stereocenters. The molecule has 0 N–H and O–H groups in total. The molecule has 1 atom stereocenters. The Hall–Kier alpha value is -2.57. The first kappa shape index (κ1) is 26.1. The normalized spacial score (nSPS) is 18.6. The molecule has 2 aromatic heterocycles. The molecule has 7 nitrogen and oxygen atoms in total. The number of alkyl halides is 3. The van der Waals surface area contributed by atoms with Gasteiger partial charge >= 0.3 is 158 Å². The van der Waals surface area contributed by atoms with Gasteiger partial charge < -0.3 is 4.90 Å². The van der Waals surface area contributed by atoms with Crippen molar-refractivity contribution in [1.82, 2.24) is 19.7 Å². The van der Waals surface area contributed by atoms with Gasteiger partial charge in [0.15, 0.2) is 5.69 Å². The maximum absolute atomic E-state index is 12.9. The second kappa shape index (κ2) is 10.7. The van der Waals surface area contributed by atoms with Crippen molar-refractivity contribution in [1.29, 1.82) is 0 Å². The minimum absolute atomic E-state index is 0.0708. The molecule has 194 valence electrons. The number of piperidine rings is 1. The molecule has 1 amide bonds. The topological polar surface area (TPSA) is 72.6 Å². The maximum atomic E-state index is 12.9. The molecule has 0 aliphatic carbocycles. The van der Waals surface area contributed by atoms with E-state index in [1.54, 1.807) is 16.2 Å². The molecule has 1 fully saturated rings. The molecule has 2 aliphatic rings. The number of carbonyl (C=O) groups excluding carboxylic acids is 1. The molecule has 0 spiro atoms. The van der Waals surface area contributed by atoms with Crippen LogP contribution in [0.5, 0.6) is 0 Å². The van der Waals surface area contributed by atoms with Gasteiger partial charge in [0.25, 0.3) is 0 Å². The number of rotatable bonds is 6. The minimum atomic E-state index is -4.52. The Bertz CT molecular complexity index is 1310. The summed E-state index contributed by atoms with van der Waals surface area (Å²) in [7, 11) is 0. The van der Waals surface area contributed by atoms with Gasteiger partial charge in [0.1, 0.15) is 6.54 Å². The molecule has 37 heavy (non-hydrogen) atoms. The molecule has 12 heteroatoms. The number of hydrogen-bond acceptors (Lipinski definition) is 6. The number of hydrogen-bond donors (Lipinski definition) is 0. The summed E-state index contributed by atoms with van der Waals surface area (Å²) in [6.07, 6.45) is -2.39. The Kier molecular flexibility index (Phi) is 7.50. The molecule has 2 aliphatic heterocycles. The van der Waals surface area contributed by atoms with E-state index in [0.717, 1.165) is 63.6 Å². The van der Waals surface area contributed by atoms with Crippen LogP contribution < -0.4 is 0 Å². The first-order valence-electron chi connectivity index (χ1n) is 12.4. The van der Waals surface area contributed by atoms with E-state index in [1.807, 2.05) is 11.4 Å². The summed E-state index contributed by atoms with van der Waals surface area (Å²) >= 11 is 2.33. The third-order valence-corrected chi connectivity index (χ3v) is 9.63. The molecule has 0 radical (unpaired) electrons. The van der Waals surface area contributed by atoms with Crippen molar-refractivity contribution in [2.75, 3.05) is 13.1 Å². The number of likely N-dealkylation sites (tertiary alicyclic amines) is 1. The zero-order valence-electron chi connectivity index (χ0n) is 20.7. The number of aryl methyl sites for hydroxylation is 1. The number of carbonyl (C=O) groups is 1. The number of aromatic nitrogens is 3. The van der Waals surface area contributed by atoms with Crippen molar-refractivity contribution in [3.05, 3.63) is 68.9 Å². The number of amides is 1. The van der Waals surface area contributed by atoms with Gasteiger partial charge in [-0.3, -0.25) is 9.48 Å². The van der Waals surface area contributed by atoms with Crippen molar-refractivity contribution in [2.24, 2.45) is 5.16 Å². The molecular weight excluding hydrogens is 561 g/mol. The van der Waals surface area contributed by atoms with Crippen LogP contribution in [-0.4, -0.2) is 63.0 Å². The van der Waals surface area contributed by atoms with Gasteiger partial charge in [-0.05, 0) is 13.0 Å². The summed E-state index contributed by atoms with van der Waals surface area (Å²) in [5.74, 6) is 0.00923. The van der Waals surface area contributed by atoms with Gasteiger partial charge in [-0.2, -0.15) is 18.3 Å². The molecule has 4 heterocycles. The van der Waals surface area contributed by atoms with Crippen molar-refractivity contribution < 1.29 is 22.8 Å². The monoisotopic (exact) mass is 587 g/mol. The summed E-state index contributed by atoms with van der Waals surface area (Å²) in [5.41, 5.74) is 3.60. The van der Waals surface area contributed by atoms with E-state index in [4.69, 9.17) is 9.82 Å². The zero-order chi connectivity index (χ0) is 26.2. The van der Waals surface area contributed by atoms with Crippen LogP contribution in [0.2, 0.25) is 0 Å². The quantitative estimate of drug-likeness (QED) is 0.408.